The minimum absolute atomic E-state index is 0.117. The van der Waals surface area contributed by atoms with Crippen LogP contribution in [-0.2, 0) is 0 Å². The first-order valence-corrected chi connectivity index (χ1v) is 14.2. The molecular formula is C32H17N3S2. The first kappa shape index (κ1) is 19.0. The van der Waals surface area contributed by atoms with Crippen LogP contribution in [0.2, 0.25) is 0 Å². The molecule has 1 atom stereocenters. The fraction of sp³-hybridized carbons (Fsp3) is 0.0312. The molecule has 0 amide bonds. The number of para-hydroxylation sites is 1. The molecule has 0 spiro atoms. The maximum Gasteiger partial charge on any atom is 0.162 e. The Hall–Kier alpha value is -4.19. The number of benzene rings is 4. The molecule has 2 aliphatic rings. The Morgan fingerprint density at radius 3 is 2.27 bits per heavy atom. The van der Waals surface area contributed by atoms with Gasteiger partial charge >= 0.3 is 0 Å². The van der Waals surface area contributed by atoms with Gasteiger partial charge in [-0.25, -0.2) is 4.99 Å². The van der Waals surface area contributed by atoms with E-state index in [-0.39, 0.29) is 6.04 Å². The molecule has 8 aromatic rings. The molecule has 0 saturated heterocycles. The lowest BCUT2D eigenvalue weighted by molar-refractivity contribution is 1.11. The van der Waals surface area contributed by atoms with Crippen LogP contribution in [0.4, 0.5) is 11.5 Å². The summed E-state index contributed by atoms with van der Waals surface area (Å²) in [6.07, 6.45) is 8.51. The number of thiophene rings is 2. The topological polar surface area (TPSA) is 28.8 Å². The average molecular weight is 508 g/mol. The standard InChI is InChI=1S/C32H17N3S2/c1-5-14-22-16(8-1)25-24-18-10-7-11-19-27-32(34-21-13-4-3-12-20(21)33-27)35(28(18)19)29(24)31-26(30(25)36-22)17-9-2-6-15-23(17)37-31/h1-15,20,33H. The second kappa shape index (κ2) is 6.38. The molecular weight excluding hydrogens is 491 g/mol. The SMILES string of the molecule is C1=CC2=Nc3c(c4cccc5c6c7c8ccccc8sc7c7c8ccccc8sc7c6n3c45)NC2C=C1. The smallest absolute Gasteiger partial charge is 0.162 e. The van der Waals surface area contributed by atoms with Gasteiger partial charge in [0.25, 0.3) is 0 Å². The monoisotopic (exact) mass is 507 g/mol. The highest BCUT2D eigenvalue weighted by Crippen LogP contribution is 2.54. The largest absolute Gasteiger partial charge is 0.370 e. The summed E-state index contributed by atoms with van der Waals surface area (Å²) < 4.78 is 7.89. The molecule has 3 nitrogen and oxygen atoms in total. The van der Waals surface area contributed by atoms with Crippen molar-refractivity contribution in [3.8, 4) is 0 Å². The minimum Gasteiger partial charge on any atom is -0.370 e. The van der Waals surface area contributed by atoms with Crippen LogP contribution in [0.25, 0.3) is 67.5 Å². The summed E-state index contributed by atoms with van der Waals surface area (Å²) in [5, 5.41) is 13.2. The summed E-state index contributed by atoms with van der Waals surface area (Å²) in [5.74, 6) is 1.02. The van der Waals surface area contributed by atoms with Crippen LogP contribution in [0.1, 0.15) is 0 Å². The molecule has 1 aliphatic heterocycles. The van der Waals surface area contributed by atoms with Gasteiger partial charge < -0.3 is 5.32 Å². The number of anilines is 1. The number of allylic oxidation sites excluding steroid dienone is 2. The zero-order chi connectivity index (χ0) is 23.8. The van der Waals surface area contributed by atoms with Crippen molar-refractivity contribution < 1.29 is 0 Å². The van der Waals surface area contributed by atoms with Gasteiger partial charge in [0, 0.05) is 51.8 Å². The lowest BCUT2D eigenvalue weighted by Gasteiger charge is -2.23. The van der Waals surface area contributed by atoms with E-state index in [4.69, 9.17) is 4.99 Å². The predicted octanol–water partition coefficient (Wildman–Crippen LogP) is 9.41. The molecule has 5 heterocycles. The van der Waals surface area contributed by atoms with E-state index in [0.717, 1.165) is 17.2 Å². The zero-order valence-electron chi connectivity index (χ0n) is 19.4. The van der Waals surface area contributed by atoms with Gasteiger partial charge in [-0.2, -0.15) is 0 Å². The van der Waals surface area contributed by atoms with Crippen LogP contribution < -0.4 is 5.32 Å². The highest BCUT2D eigenvalue weighted by atomic mass is 32.1. The van der Waals surface area contributed by atoms with Crippen molar-refractivity contribution >= 4 is 107 Å². The van der Waals surface area contributed by atoms with Gasteiger partial charge in [-0.3, -0.25) is 4.40 Å². The van der Waals surface area contributed by atoms with Crippen molar-refractivity contribution in [3.05, 3.63) is 91.0 Å². The Kier molecular flexibility index (Phi) is 3.27. The number of aliphatic imine (C=N–C) groups is 1. The molecule has 0 fully saturated rings. The van der Waals surface area contributed by atoms with E-state index in [9.17, 15) is 0 Å². The third-order valence-electron chi connectivity index (χ3n) is 8.11. The molecule has 4 aromatic heterocycles. The number of nitrogens with one attached hydrogen (secondary N) is 1. The molecule has 10 rings (SSSR count). The lowest BCUT2D eigenvalue weighted by Crippen LogP contribution is -2.29. The number of nitrogens with zero attached hydrogens (tertiary/aromatic N) is 2. The van der Waals surface area contributed by atoms with Crippen molar-refractivity contribution in [3.63, 3.8) is 0 Å². The van der Waals surface area contributed by atoms with Crippen molar-refractivity contribution in [1.82, 2.24) is 4.40 Å². The van der Waals surface area contributed by atoms with Crippen LogP contribution in [0.15, 0.2) is 96.0 Å². The number of hydrogen-bond acceptors (Lipinski definition) is 4. The summed E-state index contributed by atoms with van der Waals surface area (Å²) in [4.78, 5) is 5.28. The van der Waals surface area contributed by atoms with Crippen molar-refractivity contribution in [2.45, 2.75) is 6.04 Å². The predicted molar refractivity (Wildman–Crippen MR) is 162 cm³/mol. The average Bonchev–Trinajstić information content (AvgIpc) is 3.68. The lowest BCUT2D eigenvalue weighted by atomic mass is 10.0. The van der Waals surface area contributed by atoms with E-state index >= 15 is 0 Å². The third kappa shape index (κ3) is 2.14. The molecule has 172 valence electrons. The summed E-state index contributed by atoms with van der Waals surface area (Å²) in [7, 11) is 0. The number of hydrogen-bond donors (Lipinski definition) is 1. The Morgan fingerprint density at radius 1 is 0.676 bits per heavy atom. The van der Waals surface area contributed by atoms with E-state index in [0.29, 0.717) is 0 Å². The van der Waals surface area contributed by atoms with E-state index in [1.54, 1.807) is 0 Å². The molecule has 1 aliphatic carbocycles. The summed E-state index contributed by atoms with van der Waals surface area (Å²) in [6, 6.07) is 24.7. The Bertz CT molecular complexity index is 2390. The fourth-order valence-corrected chi connectivity index (χ4v) is 9.24. The van der Waals surface area contributed by atoms with Gasteiger partial charge in [0.15, 0.2) is 5.82 Å². The highest BCUT2D eigenvalue weighted by Gasteiger charge is 2.31. The van der Waals surface area contributed by atoms with Crippen molar-refractivity contribution in [2.75, 3.05) is 5.32 Å². The van der Waals surface area contributed by atoms with Crippen LogP contribution in [0.3, 0.4) is 0 Å². The maximum absolute atomic E-state index is 5.28. The molecule has 1 unspecified atom stereocenters. The van der Waals surface area contributed by atoms with E-state index in [1.165, 1.54) is 67.5 Å². The first-order chi connectivity index (χ1) is 18.4. The molecule has 37 heavy (non-hydrogen) atoms. The molecule has 1 N–H and O–H groups in total. The van der Waals surface area contributed by atoms with Crippen LogP contribution in [0.5, 0.6) is 0 Å². The quantitative estimate of drug-likeness (QED) is 0.218. The highest BCUT2D eigenvalue weighted by molar-refractivity contribution is 7.30. The van der Waals surface area contributed by atoms with Gasteiger partial charge in [-0.05, 0) is 18.2 Å². The van der Waals surface area contributed by atoms with Crippen LogP contribution >= 0.6 is 22.7 Å². The zero-order valence-corrected chi connectivity index (χ0v) is 21.1. The summed E-state index contributed by atoms with van der Waals surface area (Å²) in [5.41, 5.74) is 4.77. The number of rotatable bonds is 0. The Labute approximate surface area is 218 Å². The maximum atomic E-state index is 5.28. The van der Waals surface area contributed by atoms with Crippen molar-refractivity contribution in [1.29, 1.82) is 0 Å². The van der Waals surface area contributed by atoms with Gasteiger partial charge in [0.2, 0.25) is 0 Å². The summed E-state index contributed by atoms with van der Waals surface area (Å²) in [6.45, 7) is 0. The summed E-state index contributed by atoms with van der Waals surface area (Å²) >= 11 is 3.85. The third-order valence-corrected chi connectivity index (χ3v) is 10.5. The molecule has 0 saturated carbocycles. The van der Waals surface area contributed by atoms with Gasteiger partial charge in [0.1, 0.15) is 0 Å². The number of aromatic nitrogens is 1. The second-order valence-electron chi connectivity index (χ2n) is 9.97. The molecule has 4 aromatic carbocycles. The minimum atomic E-state index is 0.117. The van der Waals surface area contributed by atoms with Crippen molar-refractivity contribution in [2.24, 2.45) is 4.99 Å². The van der Waals surface area contributed by atoms with Crippen LogP contribution in [0, 0.1) is 0 Å². The van der Waals surface area contributed by atoms with E-state index < -0.39 is 0 Å². The van der Waals surface area contributed by atoms with Gasteiger partial charge in [-0.1, -0.05) is 72.8 Å². The normalized spacial score (nSPS) is 17.1. The Balaban J connectivity index is 1.56. The van der Waals surface area contributed by atoms with E-state index in [1.807, 2.05) is 22.7 Å². The van der Waals surface area contributed by atoms with Gasteiger partial charge in [-0.15, -0.1) is 22.7 Å². The second-order valence-corrected chi connectivity index (χ2v) is 12.1. The van der Waals surface area contributed by atoms with Crippen LogP contribution in [-0.4, -0.2) is 16.2 Å². The molecule has 0 radical (unpaired) electrons. The van der Waals surface area contributed by atoms with Gasteiger partial charge in [0.05, 0.1) is 33.2 Å². The molecule has 0 bridgehead atoms. The Morgan fingerprint density at radius 2 is 1.41 bits per heavy atom. The van der Waals surface area contributed by atoms with E-state index in [2.05, 4.69) is 101 Å². The first-order valence-electron chi connectivity index (χ1n) is 12.5. The fourth-order valence-electron chi connectivity index (χ4n) is 6.65. The number of fused-ring (bicyclic) bond motifs is 16. The molecule has 5 heteroatoms.